The number of piperidine rings is 1. The van der Waals surface area contributed by atoms with Crippen LogP contribution in [-0.4, -0.2) is 49.7 Å². The largest absolute Gasteiger partial charge is 0.469 e. The summed E-state index contributed by atoms with van der Waals surface area (Å²) in [5.41, 5.74) is -0.451. The summed E-state index contributed by atoms with van der Waals surface area (Å²) in [7, 11) is 1.46. The van der Waals surface area contributed by atoms with E-state index in [0.717, 1.165) is 19.6 Å². The first-order chi connectivity index (χ1) is 8.86. The van der Waals surface area contributed by atoms with Crippen molar-refractivity contribution in [3.05, 3.63) is 0 Å². The molecule has 0 aliphatic carbocycles. The van der Waals surface area contributed by atoms with Gasteiger partial charge in [0.2, 0.25) is 0 Å². The highest BCUT2D eigenvalue weighted by Gasteiger charge is 2.32. The van der Waals surface area contributed by atoms with Gasteiger partial charge in [-0.25, -0.2) is 0 Å². The summed E-state index contributed by atoms with van der Waals surface area (Å²) >= 11 is 0. The zero-order valence-electron chi connectivity index (χ0n) is 13.2. The van der Waals surface area contributed by atoms with Gasteiger partial charge in [-0.15, -0.1) is 0 Å². The Labute approximate surface area is 117 Å². The topological polar surface area (TPSA) is 41.6 Å². The smallest absolute Gasteiger partial charge is 0.312 e. The summed E-state index contributed by atoms with van der Waals surface area (Å²) in [6.07, 6.45) is 3.83. The Kier molecular flexibility index (Phi) is 6.27. The van der Waals surface area contributed by atoms with Crippen molar-refractivity contribution in [2.24, 2.45) is 5.41 Å². The first-order valence-corrected chi connectivity index (χ1v) is 7.42. The Morgan fingerprint density at radius 1 is 1.42 bits per heavy atom. The van der Waals surface area contributed by atoms with Crippen molar-refractivity contribution in [3.8, 4) is 0 Å². The molecule has 0 aromatic rings. The summed E-state index contributed by atoms with van der Waals surface area (Å²) in [6.45, 7) is 11.2. The number of hydrogen-bond donors (Lipinski definition) is 1. The SMILES string of the molecule is COC(=O)C(C)(C)CN(CC1CCCCN1)C(C)C. The van der Waals surface area contributed by atoms with Crippen LogP contribution >= 0.6 is 0 Å². The average Bonchev–Trinajstić information content (AvgIpc) is 2.37. The normalized spacial score (nSPS) is 20.9. The molecule has 4 heteroatoms. The molecule has 19 heavy (non-hydrogen) atoms. The van der Waals surface area contributed by atoms with Crippen LogP contribution in [0, 0.1) is 5.41 Å². The van der Waals surface area contributed by atoms with Crippen molar-refractivity contribution in [2.75, 3.05) is 26.7 Å². The number of ether oxygens (including phenoxy) is 1. The number of carbonyl (C=O) groups excluding carboxylic acids is 1. The van der Waals surface area contributed by atoms with Crippen molar-refractivity contribution >= 4 is 5.97 Å². The number of hydrogen-bond acceptors (Lipinski definition) is 4. The van der Waals surface area contributed by atoms with Crippen LogP contribution in [0.5, 0.6) is 0 Å². The minimum atomic E-state index is -0.451. The molecule has 1 unspecified atom stereocenters. The van der Waals surface area contributed by atoms with E-state index in [0.29, 0.717) is 12.1 Å². The van der Waals surface area contributed by atoms with E-state index >= 15 is 0 Å². The maximum Gasteiger partial charge on any atom is 0.312 e. The molecule has 1 aliphatic heterocycles. The van der Waals surface area contributed by atoms with Crippen LogP contribution in [0.1, 0.15) is 47.0 Å². The van der Waals surface area contributed by atoms with E-state index in [2.05, 4.69) is 24.1 Å². The Morgan fingerprint density at radius 3 is 2.58 bits per heavy atom. The predicted molar refractivity (Wildman–Crippen MR) is 78.1 cm³/mol. The van der Waals surface area contributed by atoms with E-state index in [9.17, 15) is 4.79 Å². The average molecular weight is 270 g/mol. The first-order valence-electron chi connectivity index (χ1n) is 7.42. The van der Waals surface area contributed by atoms with Crippen molar-refractivity contribution in [1.29, 1.82) is 0 Å². The summed E-state index contributed by atoms with van der Waals surface area (Å²) < 4.78 is 4.90. The molecule has 0 aromatic heterocycles. The lowest BCUT2D eigenvalue weighted by Gasteiger charge is -2.37. The molecule has 1 rings (SSSR count). The maximum atomic E-state index is 11.8. The second-order valence-electron chi connectivity index (χ2n) is 6.55. The Balaban J connectivity index is 2.59. The zero-order chi connectivity index (χ0) is 14.5. The summed E-state index contributed by atoms with van der Waals surface area (Å²) in [4.78, 5) is 14.2. The number of carbonyl (C=O) groups is 1. The number of methoxy groups -OCH3 is 1. The maximum absolute atomic E-state index is 11.8. The second-order valence-corrected chi connectivity index (χ2v) is 6.55. The van der Waals surface area contributed by atoms with Crippen molar-refractivity contribution in [3.63, 3.8) is 0 Å². The van der Waals surface area contributed by atoms with Crippen LogP contribution in [0.25, 0.3) is 0 Å². The summed E-state index contributed by atoms with van der Waals surface area (Å²) in [6, 6.07) is 0.997. The van der Waals surface area contributed by atoms with Gasteiger partial charge < -0.3 is 10.1 Å². The monoisotopic (exact) mass is 270 g/mol. The van der Waals surface area contributed by atoms with Crippen molar-refractivity contribution in [2.45, 2.75) is 59.0 Å². The molecule has 0 aromatic carbocycles. The molecule has 1 saturated heterocycles. The molecule has 0 amide bonds. The molecule has 1 N–H and O–H groups in total. The lowest BCUT2D eigenvalue weighted by Crippen LogP contribution is -2.50. The minimum absolute atomic E-state index is 0.130. The summed E-state index contributed by atoms with van der Waals surface area (Å²) in [5, 5.41) is 3.58. The van der Waals surface area contributed by atoms with Gasteiger partial charge in [-0.3, -0.25) is 9.69 Å². The zero-order valence-corrected chi connectivity index (χ0v) is 13.2. The van der Waals surface area contributed by atoms with E-state index in [1.165, 1.54) is 26.4 Å². The van der Waals surface area contributed by atoms with E-state index in [-0.39, 0.29) is 5.97 Å². The van der Waals surface area contributed by atoms with Crippen molar-refractivity contribution < 1.29 is 9.53 Å². The second kappa shape index (κ2) is 7.25. The third kappa shape index (κ3) is 5.11. The molecule has 1 aliphatic rings. The van der Waals surface area contributed by atoms with Gasteiger partial charge in [0.1, 0.15) is 0 Å². The molecule has 0 spiro atoms. The summed E-state index contributed by atoms with van der Waals surface area (Å²) in [5.74, 6) is -0.130. The number of rotatable bonds is 6. The van der Waals surface area contributed by atoms with Crippen LogP contribution in [0.4, 0.5) is 0 Å². The van der Waals surface area contributed by atoms with Crippen molar-refractivity contribution in [1.82, 2.24) is 10.2 Å². The number of esters is 1. The molecule has 0 bridgehead atoms. The van der Waals surface area contributed by atoms with E-state index in [1.807, 2.05) is 13.8 Å². The third-order valence-electron chi connectivity index (χ3n) is 3.93. The highest BCUT2D eigenvalue weighted by Crippen LogP contribution is 2.21. The van der Waals surface area contributed by atoms with E-state index in [1.54, 1.807) is 0 Å². The van der Waals surface area contributed by atoms with Crippen LogP contribution in [0.15, 0.2) is 0 Å². The van der Waals surface area contributed by atoms with Gasteiger partial charge >= 0.3 is 5.97 Å². The fraction of sp³-hybridized carbons (Fsp3) is 0.933. The van der Waals surface area contributed by atoms with Gasteiger partial charge in [-0.1, -0.05) is 6.42 Å². The van der Waals surface area contributed by atoms with E-state index in [4.69, 9.17) is 4.74 Å². The van der Waals surface area contributed by atoms with Crippen LogP contribution in [-0.2, 0) is 9.53 Å². The first kappa shape index (κ1) is 16.4. The fourth-order valence-electron chi connectivity index (χ4n) is 2.67. The molecular weight excluding hydrogens is 240 g/mol. The highest BCUT2D eigenvalue weighted by atomic mass is 16.5. The molecule has 1 heterocycles. The van der Waals surface area contributed by atoms with E-state index < -0.39 is 5.41 Å². The molecular formula is C15H30N2O2. The molecule has 112 valence electrons. The Bertz CT molecular complexity index is 284. The Morgan fingerprint density at radius 2 is 2.11 bits per heavy atom. The lowest BCUT2D eigenvalue weighted by atomic mass is 9.91. The fourth-order valence-corrected chi connectivity index (χ4v) is 2.67. The standard InChI is InChI=1S/C15H30N2O2/c1-12(2)17(10-13-8-6-7-9-16-13)11-15(3,4)14(18)19-5/h12-13,16H,6-11H2,1-5H3. The van der Waals surface area contributed by atoms with Crippen LogP contribution in [0.3, 0.4) is 0 Å². The van der Waals surface area contributed by atoms with Crippen LogP contribution < -0.4 is 5.32 Å². The molecule has 1 fully saturated rings. The van der Waals surface area contributed by atoms with Gasteiger partial charge in [0.05, 0.1) is 12.5 Å². The van der Waals surface area contributed by atoms with Gasteiger partial charge in [0.15, 0.2) is 0 Å². The predicted octanol–water partition coefficient (Wildman–Crippen LogP) is 2.04. The van der Waals surface area contributed by atoms with Gasteiger partial charge in [-0.2, -0.15) is 0 Å². The molecule has 4 nitrogen and oxygen atoms in total. The number of nitrogens with one attached hydrogen (secondary N) is 1. The van der Waals surface area contributed by atoms with Crippen LogP contribution in [0.2, 0.25) is 0 Å². The number of nitrogens with zero attached hydrogens (tertiary/aromatic N) is 1. The highest BCUT2D eigenvalue weighted by molar-refractivity contribution is 5.76. The third-order valence-corrected chi connectivity index (χ3v) is 3.93. The molecule has 0 saturated carbocycles. The van der Waals surface area contributed by atoms with Gasteiger partial charge in [-0.05, 0) is 47.1 Å². The quantitative estimate of drug-likeness (QED) is 0.750. The lowest BCUT2D eigenvalue weighted by molar-refractivity contribution is -0.152. The minimum Gasteiger partial charge on any atom is -0.469 e. The van der Waals surface area contributed by atoms with Gasteiger partial charge in [0, 0.05) is 25.2 Å². The molecule has 1 atom stereocenters. The van der Waals surface area contributed by atoms with Gasteiger partial charge in [0.25, 0.3) is 0 Å². The Hall–Kier alpha value is -0.610. The molecule has 0 radical (unpaired) electrons.